The minimum absolute atomic E-state index is 0.0414. The van der Waals surface area contributed by atoms with Crippen LogP contribution >= 0.6 is 0 Å². The summed E-state index contributed by atoms with van der Waals surface area (Å²) in [5, 5.41) is 2.66. The van der Waals surface area contributed by atoms with E-state index in [1.807, 2.05) is 0 Å². The molecule has 2 aromatic heterocycles. The molecule has 36 heavy (non-hydrogen) atoms. The van der Waals surface area contributed by atoms with Crippen molar-refractivity contribution in [1.29, 1.82) is 0 Å². The number of nitrogens with one attached hydrogen (secondary N) is 2. The number of amides is 1. The SMILES string of the molecule is CC(=O)Nc1nc2c(ncn2[C@H]2CC(O[Si](C)(C)C(C)(C)C)[C@@H](CO[Si](C)(C)C(C)(C)C)O2)c(=O)[nH]1. The van der Waals surface area contributed by atoms with Crippen molar-refractivity contribution in [2.75, 3.05) is 11.9 Å². The van der Waals surface area contributed by atoms with Gasteiger partial charge in [0.1, 0.15) is 12.3 Å². The Kier molecular flexibility index (Phi) is 7.80. The molecule has 0 aromatic carbocycles. The largest absolute Gasteiger partial charge is 0.414 e. The van der Waals surface area contributed by atoms with Crippen LogP contribution in [0.2, 0.25) is 36.3 Å². The highest BCUT2D eigenvalue weighted by molar-refractivity contribution is 6.74. The zero-order chi connectivity index (χ0) is 27.3. The van der Waals surface area contributed by atoms with Crippen LogP contribution in [0.1, 0.15) is 61.1 Å². The van der Waals surface area contributed by atoms with Crippen LogP contribution in [0.5, 0.6) is 0 Å². The zero-order valence-electron chi connectivity index (χ0n) is 23.6. The lowest BCUT2D eigenvalue weighted by Gasteiger charge is -2.40. The van der Waals surface area contributed by atoms with E-state index in [1.54, 1.807) is 10.9 Å². The molecule has 0 aliphatic carbocycles. The zero-order valence-corrected chi connectivity index (χ0v) is 25.6. The van der Waals surface area contributed by atoms with E-state index < -0.39 is 28.4 Å². The number of aromatic nitrogens is 4. The Morgan fingerprint density at radius 2 is 1.78 bits per heavy atom. The van der Waals surface area contributed by atoms with E-state index in [-0.39, 0.29) is 39.7 Å². The Labute approximate surface area is 215 Å². The molecule has 2 N–H and O–H groups in total. The molecule has 10 nitrogen and oxygen atoms in total. The summed E-state index contributed by atoms with van der Waals surface area (Å²) in [4.78, 5) is 35.3. The molecule has 1 aliphatic heterocycles. The van der Waals surface area contributed by atoms with Gasteiger partial charge in [0.05, 0.1) is 19.0 Å². The highest BCUT2D eigenvalue weighted by Gasteiger charge is 2.46. The second-order valence-corrected chi connectivity index (χ2v) is 22.3. The summed E-state index contributed by atoms with van der Waals surface area (Å²) in [6.07, 6.45) is 1.27. The molecule has 1 fully saturated rings. The third-order valence-corrected chi connectivity index (χ3v) is 16.9. The van der Waals surface area contributed by atoms with Gasteiger partial charge in [-0.2, -0.15) is 4.98 Å². The van der Waals surface area contributed by atoms with Gasteiger partial charge in [0, 0.05) is 13.3 Å². The summed E-state index contributed by atoms with van der Waals surface area (Å²) >= 11 is 0. The summed E-state index contributed by atoms with van der Waals surface area (Å²) in [6.45, 7) is 24.0. The maximum atomic E-state index is 12.5. The highest BCUT2D eigenvalue weighted by Crippen LogP contribution is 2.42. The first-order chi connectivity index (χ1) is 16.3. The van der Waals surface area contributed by atoms with Crippen molar-refractivity contribution in [3.05, 3.63) is 16.7 Å². The first kappa shape index (κ1) is 28.7. The van der Waals surface area contributed by atoms with Crippen LogP contribution in [0.3, 0.4) is 0 Å². The lowest BCUT2D eigenvalue weighted by atomic mass is 10.2. The van der Waals surface area contributed by atoms with Gasteiger partial charge in [-0.15, -0.1) is 0 Å². The predicted octanol–water partition coefficient (Wildman–Crippen LogP) is 4.78. The quantitative estimate of drug-likeness (QED) is 0.488. The van der Waals surface area contributed by atoms with Crippen molar-refractivity contribution in [2.45, 2.75) is 110 Å². The van der Waals surface area contributed by atoms with Gasteiger partial charge in [-0.05, 0) is 36.3 Å². The lowest BCUT2D eigenvalue weighted by molar-refractivity contribution is -0.114. The average molecular weight is 538 g/mol. The Morgan fingerprint density at radius 3 is 2.33 bits per heavy atom. The van der Waals surface area contributed by atoms with Gasteiger partial charge in [0.25, 0.3) is 5.56 Å². The molecule has 0 saturated carbocycles. The maximum absolute atomic E-state index is 12.5. The smallest absolute Gasteiger partial charge is 0.280 e. The number of ether oxygens (including phenoxy) is 1. The second-order valence-electron chi connectivity index (χ2n) is 12.8. The van der Waals surface area contributed by atoms with E-state index >= 15 is 0 Å². The van der Waals surface area contributed by atoms with E-state index in [0.717, 1.165) is 0 Å². The minimum Gasteiger partial charge on any atom is -0.414 e. The second kappa shape index (κ2) is 9.78. The van der Waals surface area contributed by atoms with E-state index in [0.29, 0.717) is 18.7 Å². The van der Waals surface area contributed by atoms with Crippen LogP contribution in [-0.4, -0.2) is 60.9 Å². The van der Waals surface area contributed by atoms with Crippen LogP contribution in [0.25, 0.3) is 11.2 Å². The molecule has 1 aliphatic rings. The number of hydrogen-bond donors (Lipinski definition) is 2. The molecule has 1 saturated heterocycles. The Bertz CT molecular complexity index is 1160. The number of aromatic amines is 1. The predicted molar refractivity (Wildman–Crippen MR) is 146 cm³/mol. The molecule has 0 spiro atoms. The molecule has 3 rings (SSSR count). The third-order valence-electron chi connectivity index (χ3n) is 7.88. The van der Waals surface area contributed by atoms with Crippen molar-refractivity contribution in [1.82, 2.24) is 19.5 Å². The number of H-pyrrole nitrogens is 1. The third kappa shape index (κ3) is 5.99. The fraction of sp³-hybridized carbons (Fsp3) is 0.750. The number of imidazole rings is 1. The number of fused-ring (bicyclic) bond motifs is 1. The minimum atomic E-state index is -2.09. The topological polar surface area (TPSA) is 120 Å². The molecule has 0 radical (unpaired) electrons. The lowest BCUT2D eigenvalue weighted by Crippen LogP contribution is -2.48. The average Bonchev–Trinajstić information content (AvgIpc) is 3.28. The van der Waals surface area contributed by atoms with Gasteiger partial charge in [-0.3, -0.25) is 24.5 Å². The summed E-state index contributed by atoms with van der Waals surface area (Å²) in [5.74, 6) is -0.252. The molecule has 0 bridgehead atoms. The number of anilines is 1. The van der Waals surface area contributed by atoms with Crippen LogP contribution in [0.4, 0.5) is 5.95 Å². The number of nitrogens with zero attached hydrogens (tertiary/aromatic N) is 3. The normalized spacial score (nSPS) is 21.8. The van der Waals surface area contributed by atoms with E-state index in [1.165, 1.54) is 6.92 Å². The Morgan fingerprint density at radius 1 is 1.17 bits per heavy atom. The molecular formula is C24H43N5O5Si2. The van der Waals surface area contributed by atoms with Crippen LogP contribution in [0.15, 0.2) is 11.1 Å². The fourth-order valence-corrected chi connectivity index (χ4v) is 5.94. The molecular weight excluding hydrogens is 494 g/mol. The van der Waals surface area contributed by atoms with Crippen molar-refractivity contribution in [2.24, 2.45) is 0 Å². The van der Waals surface area contributed by atoms with Crippen molar-refractivity contribution in [3.8, 4) is 0 Å². The van der Waals surface area contributed by atoms with E-state index in [2.05, 4.69) is 88.0 Å². The molecule has 1 unspecified atom stereocenters. The van der Waals surface area contributed by atoms with Crippen LogP contribution < -0.4 is 10.9 Å². The number of hydrogen-bond acceptors (Lipinski definition) is 7. The molecule has 3 heterocycles. The summed E-state index contributed by atoms with van der Waals surface area (Å²) in [6, 6.07) is 0. The van der Waals surface area contributed by atoms with Gasteiger partial charge in [-0.25, -0.2) is 4.98 Å². The van der Waals surface area contributed by atoms with Crippen LogP contribution in [0, 0.1) is 0 Å². The van der Waals surface area contributed by atoms with Crippen molar-refractivity contribution < 1.29 is 18.4 Å². The Balaban J connectivity index is 1.94. The number of carbonyl (C=O) groups is 1. The van der Waals surface area contributed by atoms with Gasteiger partial charge < -0.3 is 13.6 Å². The molecule has 202 valence electrons. The van der Waals surface area contributed by atoms with Crippen molar-refractivity contribution >= 4 is 39.7 Å². The summed E-state index contributed by atoms with van der Waals surface area (Å²) in [5.41, 5.74) is 0.118. The number of carbonyl (C=O) groups excluding carboxylic acids is 1. The number of rotatable bonds is 7. The first-order valence-corrected chi connectivity index (χ1v) is 18.4. The molecule has 12 heteroatoms. The van der Waals surface area contributed by atoms with Gasteiger partial charge in [0.2, 0.25) is 11.9 Å². The molecule has 1 amide bonds. The van der Waals surface area contributed by atoms with Gasteiger partial charge in [-0.1, -0.05) is 41.5 Å². The van der Waals surface area contributed by atoms with Gasteiger partial charge >= 0.3 is 0 Å². The van der Waals surface area contributed by atoms with Crippen LogP contribution in [-0.2, 0) is 18.4 Å². The summed E-state index contributed by atoms with van der Waals surface area (Å²) < 4.78 is 21.7. The Hall–Kier alpha value is -1.87. The monoisotopic (exact) mass is 537 g/mol. The van der Waals surface area contributed by atoms with E-state index in [9.17, 15) is 9.59 Å². The summed E-state index contributed by atoms with van der Waals surface area (Å²) in [7, 11) is -4.10. The van der Waals surface area contributed by atoms with E-state index in [4.69, 9.17) is 13.6 Å². The molecule has 2 aromatic rings. The standard InChI is InChI=1S/C24H43N5O5Si2/c1-15(30)26-22-27-20-19(21(31)28-22)25-14-29(20)18-12-16(34-36(10,11)24(5,6)7)17(33-18)13-32-35(8,9)23(2,3)4/h14,16-18H,12-13H2,1-11H3,(H2,26,27,28,30,31)/t16?,17-,18-/m1/s1. The maximum Gasteiger partial charge on any atom is 0.280 e. The fourth-order valence-electron chi connectivity index (χ4n) is 3.57. The first-order valence-electron chi connectivity index (χ1n) is 12.5. The highest BCUT2D eigenvalue weighted by atomic mass is 28.4. The van der Waals surface area contributed by atoms with Crippen molar-refractivity contribution in [3.63, 3.8) is 0 Å². The van der Waals surface area contributed by atoms with Gasteiger partial charge in [0.15, 0.2) is 27.8 Å². The molecule has 3 atom stereocenters.